The molecule has 0 aliphatic carbocycles. The Labute approximate surface area is 134 Å². The van der Waals surface area contributed by atoms with E-state index < -0.39 is 0 Å². The highest BCUT2D eigenvalue weighted by molar-refractivity contribution is 14.0. The van der Waals surface area contributed by atoms with E-state index in [-0.39, 0.29) is 24.0 Å². The van der Waals surface area contributed by atoms with Gasteiger partial charge in [-0.3, -0.25) is 14.8 Å². The van der Waals surface area contributed by atoms with E-state index in [0.717, 1.165) is 19.0 Å². The Kier molecular flexibility index (Phi) is 7.38. The van der Waals surface area contributed by atoms with Crippen molar-refractivity contribution in [3.63, 3.8) is 0 Å². The minimum absolute atomic E-state index is 0. The Hall–Kier alpha value is -0.0800. The van der Waals surface area contributed by atoms with Gasteiger partial charge in [-0.1, -0.05) is 13.8 Å². The molecule has 0 aromatic carbocycles. The normalized spacial score (nSPS) is 30.1. The highest BCUT2D eigenvalue weighted by Gasteiger charge is 2.31. The fourth-order valence-corrected chi connectivity index (χ4v) is 2.65. The molecule has 0 radical (unpaired) electrons. The monoisotopic (exact) mass is 381 g/mol. The van der Waals surface area contributed by atoms with Crippen molar-refractivity contribution in [2.24, 2.45) is 10.9 Å². The van der Waals surface area contributed by atoms with Gasteiger partial charge in [0.05, 0.1) is 0 Å². The Balaban J connectivity index is 0.00000180. The number of hydrogen-bond acceptors (Lipinski definition) is 3. The Bertz CT molecular complexity index is 287. The van der Waals surface area contributed by atoms with Crippen molar-refractivity contribution in [2.45, 2.75) is 19.9 Å². The van der Waals surface area contributed by atoms with Crippen molar-refractivity contribution >= 4 is 29.9 Å². The van der Waals surface area contributed by atoms with Crippen LogP contribution in [0, 0.1) is 5.92 Å². The number of hydrogen-bond donors (Lipinski definition) is 2. The molecule has 112 valence electrons. The lowest BCUT2D eigenvalue weighted by Gasteiger charge is -2.47. The molecule has 3 aliphatic rings. The van der Waals surface area contributed by atoms with Gasteiger partial charge in [0.2, 0.25) is 0 Å². The van der Waals surface area contributed by atoms with Gasteiger partial charge in [-0.25, -0.2) is 0 Å². The third kappa shape index (κ3) is 5.07. The lowest BCUT2D eigenvalue weighted by molar-refractivity contribution is 0.0154. The molecular weight excluding hydrogens is 353 g/mol. The van der Waals surface area contributed by atoms with Crippen LogP contribution in [-0.2, 0) is 0 Å². The maximum atomic E-state index is 4.27. The lowest BCUT2D eigenvalue weighted by atomic mass is 10.1. The zero-order valence-electron chi connectivity index (χ0n) is 12.4. The van der Waals surface area contributed by atoms with Crippen molar-refractivity contribution in [1.82, 2.24) is 20.4 Å². The van der Waals surface area contributed by atoms with Gasteiger partial charge in [-0.05, 0) is 5.92 Å². The van der Waals surface area contributed by atoms with Crippen LogP contribution in [0.15, 0.2) is 4.99 Å². The van der Waals surface area contributed by atoms with Crippen molar-refractivity contribution < 1.29 is 0 Å². The first-order chi connectivity index (χ1) is 8.69. The van der Waals surface area contributed by atoms with Crippen LogP contribution in [0.3, 0.4) is 0 Å². The van der Waals surface area contributed by atoms with E-state index in [9.17, 15) is 0 Å². The Morgan fingerprint density at radius 1 is 1.21 bits per heavy atom. The summed E-state index contributed by atoms with van der Waals surface area (Å²) in [5.74, 6) is 1.57. The molecule has 6 heteroatoms. The topological polar surface area (TPSA) is 42.9 Å². The second-order valence-electron chi connectivity index (χ2n) is 5.72. The molecule has 1 atom stereocenters. The fraction of sp³-hybridized carbons (Fsp3) is 0.923. The van der Waals surface area contributed by atoms with Gasteiger partial charge in [-0.15, -0.1) is 24.0 Å². The molecule has 3 heterocycles. The number of rotatable bonds is 4. The van der Waals surface area contributed by atoms with E-state index in [2.05, 4.69) is 39.3 Å². The number of halogens is 1. The van der Waals surface area contributed by atoms with Gasteiger partial charge in [0, 0.05) is 58.9 Å². The zero-order chi connectivity index (χ0) is 13.0. The van der Waals surface area contributed by atoms with Crippen molar-refractivity contribution in [3.05, 3.63) is 0 Å². The molecule has 2 bridgehead atoms. The predicted octanol–water partition coefficient (Wildman–Crippen LogP) is 0.425. The molecule has 3 rings (SSSR count). The standard InChI is InChI=1S/C13H27N5.HI/c1-11(2)8-15-13(14-3)16-9-12-10-17-4-6-18(12)7-5-17;/h11-12H,4-10H2,1-3H3,(H2,14,15,16);1H. The van der Waals surface area contributed by atoms with Crippen molar-refractivity contribution in [1.29, 1.82) is 0 Å². The molecular formula is C13H28IN5. The Morgan fingerprint density at radius 2 is 1.89 bits per heavy atom. The summed E-state index contributed by atoms with van der Waals surface area (Å²) < 4.78 is 0. The van der Waals surface area contributed by atoms with E-state index in [4.69, 9.17) is 0 Å². The molecule has 2 N–H and O–H groups in total. The lowest BCUT2D eigenvalue weighted by Crippen LogP contribution is -2.63. The molecule has 19 heavy (non-hydrogen) atoms. The number of fused-ring (bicyclic) bond motifs is 3. The summed E-state index contributed by atoms with van der Waals surface area (Å²) in [6.07, 6.45) is 0. The number of nitrogens with one attached hydrogen (secondary N) is 2. The number of aliphatic imine (C=N–C) groups is 1. The van der Waals surface area contributed by atoms with Crippen LogP contribution in [0.1, 0.15) is 13.8 Å². The second kappa shape index (κ2) is 8.26. The maximum absolute atomic E-state index is 4.27. The van der Waals surface area contributed by atoms with Crippen LogP contribution < -0.4 is 10.6 Å². The summed E-state index contributed by atoms with van der Waals surface area (Å²) in [6.45, 7) is 12.5. The van der Waals surface area contributed by atoms with E-state index in [1.54, 1.807) is 0 Å². The molecule has 3 aliphatic heterocycles. The van der Waals surface area contributed by atoms with Gasteiger partial charge in [0.1, 0.15) is 0 Å². The van der Waals surface area contributed by atoms with E-state index in [0.29, 0.717) is 12.0 Å². The van der Waals surface area contributed by atoms with Gasteiger partial charge < -0.3 is 10.6 Å². The van der Waals surface area contributed by atoms with Crippen LogP contribution in [0.25, 0.3) is 0 Å². The smallest absolute Gasteiger partial charge is 0.191 e. The number of piperazine rings is 3. The SMILES string of the molecule is CN=C(NCC(C)C)NCC1CN2CCN1CC2.I. The number of guanidine groups is 1. The van der Waals surface area contributed by atoms with Crippen LogP contribution >= 0.6 is 24.0 Å². The van der Waals surface area contributed by atoms with Crippen LogP contribution in [0.4, 0.5) is 0 Å². The fourth-order valence-electron chi connectivity index (χ4n) is 2.65. The summed E-state index contributed by atoms with van der Waals surface area (Å²) in [6, 6.07) is 0.644. The summed E-state index contributed by atoms with van der Waals surface area (Å²) in [5.41, 5.74) is 0. The summed E-state index contributed by atoms with van der Waals surface area (Å²) in [7, 11) is 1.84. The van der Waals surface area contributed by atoms with E-state index in [1.165, 1.54) is 32.7 Å². The molecule has 0 amide bonds. The van der Waals surface area contributed by atoms with Crippen LogP contribution in [0.2, 0.25) is 0 Å². The minimum Gasteiger partial charge on any atom is -0.356 e. The first-order valence-electron chi connectivity index (χ1n) is 7.10. The molecule has 0 aromatic rings. The predicted molar refractivity (Wildman–Crippen MR) is 91.4 cm³/mol. The molecule has 0 spiro atoms. The Morgan fingerprint density at radius 3 is 2.37 bits per heavy atom. The largest absolute Gasteiger partial charge is 0.356 e. The van der Waals surface area contributed by atoms with E-state index >= 15 is 0 Å². The van der Waals surface area contributed by atoms with Crippen molar-refractivity contribution in [3.8, 4) is 0 Å². The van der Waals surface area contributed by atoms with E-state index in [1.807, 2.05) is 7.05 Å². The summed E-state index contributed by atoms with van der Waals surface area (Å²) >= 11 is 0. The summed E-state index contributed by atoms with van der Waals surface area (Å²) in [4.78, 5) is 9.43. The quantitative estimate of drug-likeness (QED) is 0.421. The first-order valence-corrected chi connectivity index (χ1v) is 7.10. The highest BCUT2D eigenvalue weighted by Crippen LogP contribution is 2.14. The average molecular weight is 381 g/mol. The molecule has 1 unspecified atom stereocenters. The molecule has 5 nitrogen and oxygen atoms in total. The molecule has 0 saturated carbocycles. The van der Waals surface area contributed by atoms with Gasteiger partial charge in [0.25, 0.3) is 0 Å². The minimum atomic E-state index is 0. The van der Waals surface area contributed by atoms with Crippen LogP contribution in [0.5, 0.6) is 0 Å². The van der Waals surface area contributed by atoms with Crippen LogP contribution in [-0.4, -0.2) is 74.7 Å². The maximum Gasteiger partial charge on any atom is 0.191 e. The van der Waals surface area contributed by atoms with Crippen molar-refractivity contribution in [2.75, 3.05) is 52.9 Å². The molecule has 3 saturated heterocycles. The first kappa shape index (κ1) is 17.0. The third-order valence-electron chi connectivity index (χ3n) is 3.80. The molecule has 0 aromatic heterocycles. The summed E-state index contributed by atoms with van der Waals surface area (Å²) in [5, 5.41) is 6.81. The van der Waals surface area contributed by atoms with Gasteiger partial charge in [-0.2, -0.15) is 0 Å². The highest BCUT2D eigenvalue weighted by atomic mass is 127. The second-order valence-corrected chi connectivity index (χ2v) is 5.72. The van der Waals surface area contributed by atoms with Gasteiger partial charge in [0.15, 0.2) is 5.96 Å². The third-order valence-corrected chi connectivity index (χ3v) is 3.80. The van der Waals surface area contributed by atoms with Gasteiger partial charge >= 0.3 is 0 Å². The molecule has 3 fully saturated rings. The average Bonchev–Trinajstić information content (AvgIpc) is 2.40. The number of nitrogens with zero attached hydrogens (tertiary/aromatic N) is 3. The zero-order valence-corrected chi connectivity index (χ0v) is 14.7.